The molecular weight excluding hydrogens is 294 g/mol. The van der Waals surface area contributed by atoms with Gasteiger partial charge in [0.1, 0.15) is 0 Å². The molecule has 0 saturated carbocycles. The van der Waals surface area contributed by atoms with Gasteiger partial charge < -0.3 is 0 Å². The molecule has 1 aliphatic heterocycles. The fourth-order valence-corrected chi connectivity index (χ4v) is 5.11. The maximum Gasteiger partial charge on any atom is 0.259 e. The molecule has 2 aromatic rings. The summed E-state index contributed by atoms with van der Waals surface area (Å²) in [7, 11) is 0. The van der Waals surface area contributed by atoms with E-state index in [1.54, 1.807) is 17.4 Å². The van der Waals surface area contributed by atoms with Gasteiger partial charge in [-0.1, -0.05) is 6.92 Å². The summed E-state index contributed by atoms with van der Waals surface area (Å²) >= 11 is 1.72. The molecule has 2 aromatic heterocycles. The first-order valence-electron chi connectivity index (χ1n) is 8.46. The number of rotatable bonds is 2. The quantitative estimate of drug-likeness (QED) is 0.855. The lowest BCUT2D eigenvalue weighted by Crippen LogP contribution is -2.34. The van der Waals surface area contributed by atoms with Gasteiger partial charge in [0.15, 0.2) is 4.96 Å². The van der Waals surface area contributed by atoms with Crippen LogP contribution in [-0.4, -0.2) is 27.4 Å². The first-order chi connectivity index (χ1) is 10.7. The van der Waals surface area contributed by atoms with E-state index in [-0.39, 0.29) is 5.56 Å². The minimum atomic E-state index is 0.115. The molecule has 1 fully saturated rings. The zero-order valence-corrected chi connectivity index (χ0v) is 14.0. The summed E-state index contributed by atoms with van der Waals surface area (Å²) in [5.74, 6) is 0.757. The molecule has 2 aliphatic rings. The summed E-state index contributed by atoms with van der Waals surface area (Å²) in [6.07, 6.45) is 7.16. The van der Waals surface area contributed by atoms with E-state index in [1.165, 1.54) is 36.3 Å². The van der Waals surface area contributed by atoms with E-state index < -0.39 is 0 Å². The highest BCUT2D eigenvalue weighted by Crippen LogP contribution is 2.28. The van der Waals surface area contributed by atoms with Crippen LogP contribution < -0.4 is 5.56 Å². The summed E-state index contributed by atoms with van der Waals surface area (Å²) < 4.78 is 1.86. The van der Waals surface area contributed by atoms with Gasteiger partial charge in [0.25, 0.3) is 5.56 Å². The van der Waals surface area contributed by atoms with Crippen LogP contribution in [0.4, 0.5) is 0 Å². The highest BCUT2D eigenvalue weighted by Gasteiger charge is 2.20. The lowest BCUT2D eigenvalue weighted by atomic mass is 10.0. The van der Waals surface area contributed by atoms with Gasteiger partial charge in [0, 0.05) is 29.7 Å². The largest absolute Gasteiger partial charge is 0.297 e. The van der Waals surface area contributed by atoms with Crippen molar-refractivity contribution in [2.24, 2.45) is 5.92 Å². The molecule has 3 heterocycles. The Morgan fingerprint density at radius 3 is 3.05 bits per heavy atom. The first kappa shape index (κ1) is 14.4. The smallest absolute Gasteiger partial charge is 0.259 e. The lowest BCUT2D eigenvalue weighted by Gasteiger charge is -2.30. The second kappa shape index (κ2) is 5.78. The molecule has 4 nitrogen and oxygen atoms in total. The molecule has 0 radical (unpaired) electrons. The van der Waals surface area contributed by atoms with Gasteiger partial charge in [-0.15, -0.1) is 11.3 Å². The molecule has 0 N–H and O–H groups in total. The number of hydrogen-bond donors (Lipinski definition) is 0. The molecule has 1 saturated heterocycles. The maximum absolute atomic E-state index is 12.5. The van der Waals surface area contributed by atoms with Crippen molar-refractivity contribution in [2.75, 3.05) is 13.1 Å². The van der Waals surface area contributed by atoms with E-state index in [0.717, 1.165) is 49.0 Å². The molecule has 0 bridgehead atoms. The van der Waals surface area contributed by atoms with Crippen LogP contribution in [0.1, 0.15) is 48.9 Å². The van der Waals surface area contributed by atoms with E-state index in [4.69, 9.17) is 4.98 Å². The Morgan fingerprint density at radius 2 is 2.18 bits per heavy atom. The van der Waals surface area contributed by atoms with Crippen LogP contribution in [0, 0.1) is 5.92 Å². The van der Waals surface area contributed by atoms with Crippen molar-refractivity contribution < 1.29 is 0 Å². The molecular formula is C17H23N3OS. The summed E-state index contributed by atoms with van der Waals surface area (Å²) in [5, 5.41) is 0. The third-order valence-corrected chi connectivity index (χ3v) is 6.08. The predicted molar refractivity (Wildman–Crippen MR) is 89.7 cm³/mol. The second-order valence-corrected chi connectivity index (χ2v) is 7.93. The van der Waals surface area contributed by atoms with Gasteiger partial charge in [0.05, 0.1) is 5.69 Å². The third kappa shape index (κ3) is 2.61. The van der Waals surface area contributed by atoms with Crippen molar-refractivity contribution in [3.8, 4) is 0 Å². The van der Waals surface area contributed by atoms with Crippen LogP contribution in [0.2, 0.25) is 0 Å². The molecule has 0 unspecified atom stereocenters. The van der Waals surface area contributed by atoms with Crippen LogP contribution in [0.15, 0.2) is 10.9 Å². The summed E-state index contributed by atoms with van der Waals surface area (Å²) in [4.78, 5) is 22.1. The fraction of sp³-hybridized carbons (Fsp3) is 0.647. The average molecular weight is 317 g/mol. The summed E-state index contributed by atoms with van der Waals surface area (Å²) in [6.45, 7) is 5.39. The average Bonchev–Trinajstić information content (AvgIpc) is 2.85. The zero-order chi connectivity index (χ0) is 15.1. The highest BCUT2D eigenvalue weighted by molar-refractivity contribution is 7.17. The molecule has 0 amide bonds. The van der Waals surface area contributed by atoms with Crippen molar-refractivity contribution in [2.45, 2.75) is 52.0 Å². The monoisotopic (exact) mass is 317 g/mol. The number of hydrogen-bond acceptors (Lipinski definition) is 4. The van der Waals surface area contributed by atoms with Crippen LogP contribution in [0.25, 0.3) is 4.96 Å². The van der Waals surface area contributed by atoms with Crippen LogP contribution in [0.3, 0.4) is 0 Å². The van der Waals surface area contributed by atoms with Gasteiger partial charge in [0.2, 0.25) is 0 Å². The Hall–Kier alpha value is -1.20. The molecule has 118 valence electrons. The molecule has 4 rings (SSSR count). The Labute approximate surface area is 134 Å². The minimum Gasteiger partial charge on any atom is -0.297 e. The molecule has 1 atom stereocenters. The van der Waals surface area contributed by atoms with Crippen LogP contribution >= 0.6 is 11.3 Å². The van der Waals surface area contributed by atoms with E-state index in [0.29, 0.717) is 0 Å². The molecule has 5 heteroatoms. The molecule has 22 heavy (non-hydrogen) atoms. The Balaban J connectivity index is 1.67. The number of thiazole rings is 1. The predicted octanol–water partition coefficient (Wildman–Crippen LogP) is 2.87. The minimum absolute atomic E-state index is 0.115. The van der Waals surface area contributed by atoms with Crippen molar-refractivity contribution in [3.63, 3.8) is 0 Å². The Bertz CT molecular complexity index is 748. The fourth-order valence-electron chi connectivity index (χ4n) is 3.88. The number of aryl methyl sites for hydroxylation is 2. The van der Waals surface area contributed by atoms with Crippen molar-refractivity contribution >= 4 is 16.3 Å². The Kier molecular flexibility index (Phi) is 3.78. The molecule has 0 spiro atoms. The topological polar surface area (TPSA) is 37.6 Å². The van der Waals surface area contributed by atoms with E-state index >= 15 is 0 Å². The van der Waals surface area contributed by atoms with Crippen molar-refractivity contribution in [1.29, 1.82) is 0 Å². The first-order valence-corrected chi connectivity index (χ1v) is 9.28. The lowest BCUT2D eigenvalue weighted by molar-refractivity contribution is 0.175. The van der Waals surface area contributed by atoms with Crippen LogP contribution in [-0.2, 0) is 19.4 Å². The van der Waals surface area contributed by atoms with Gasteiger partial charge in [-0.05, 0) is 51.0 Å². The van der Waals surface area contributed by atoms with Crippen LogP contribution in [0.5, 0.6) is 0 Å². The molecule has 1 aliphatic carbocycles. The number of piperidine rings is 1. The summed E-state index contributed by atoms with van der Waals surface area (Å²) in [5.41, 5.74) is 2.28. The van der Waals surface area contributed by atoms with Crippen molar-refractivity contribution in [1.82, 2.24) is 14.3 Å². The van der Waals surface area contributed by atoms with Crippen molar-refractivity contribution in [3.05, 3.63) is 32.7 Å². The van der Waals surface area contributed by atoms with Gasteiger partial charge in [-0.25, -0.2) is 4.98 Å². The van der Waals surface area contributed by atoms with E-state index in [9.17, 15) is 4.79 Å². The SMILES string of the molecule is C[C@H]1CCCN(Cc2cc(=O)n3c4c(sc3n2)CCCC4)C1. The standard InChI is InChI=1S/C17H23N3OS/c1-12-5-4-8-19(10-12)11-13-9-16(21)20-14-6-2-3-7-15(14)22-17(20)18-13/h9,12H,2-8,10-11H2,1H3/t12-/m0/s1. The van der Waals surface area contributed by atoms with Gasteiger partial charge >= 0.3 is 0 Å². The zero-order valence-electron chi connectivity index (χ0n) is 13.2. The number of aromatic nitrogens is 2. The number of fused-ring (bicyclic) bond motifs is 3. The van der Waals surface area contributed by atoms with E-state index in [2.05, 4.69) is 11.8 Å². The highest BCUT2D eigenvalue weighted by atomic mass is 32.1. The van der Waals surface area contributed by atoms with Gasteiger partial charge in [-0.3, -0.25) is 14.1 Å². The summed E-state index contributed by atoms with van der Waals surface area (Å²) in [6, 6.07) is 1.76. The van der Waals surface area contributed by atoms with Gasteiger partial charge in [-0.2, -0.15) is 0 Å². The molecule has 0 aromatic carbocycles. The maximum atomic E-state index is 12.5. The normalized spacial score (nSPS) is 22.9. The van der Waals surface area contributed by atoms with E-state index in [1.807, 2.05) is 4.40 Å². The number of nitrogens with zero attached hydrogens (tertiary/aromatic N) is 3. The number of likely N-dealkylation sites (tertiary alicyclic amines) is 1. The second-order valence-electron chi connectivity index (χ2n) is 6.87. The third-order valence-electron chi connectivity index (χ3n) is 4.94. The Morgan fingerprint density at radius 1 is 1.32 bits per heavy atom.